The molecule has 0 aromatic carbocycles. The molecule has 1 aliphatic rings. The van der Waals surface area contributed by atoms with Crippen LogP contribution in [0.1, 0.15) is 51.7 Å². The molecule has 4 N–H and O–H groups in total. The summed E-state index contributed by atoms with van der Waals surface area (Å²) < 4.78 is 25.5. The highest BCUT2D eigenvalue weighted by atomic mass is 31.2. The predicted molar refractivity (Wildman–Crippen MR) is 107 cm³/mol. The average Bonchev–Trinajstić information content (AvgIpc) is 2.96. The predicted octanol–water partition coefficient (Wildman–Crippen LogP) is -0.265. The summed E-state index contributed by atoms with van der Waals surface area (Å²) in [5.74, 6) is -1.55. The molecule has 1 aromatic rings. The Bertz CT molecular complexity index is 929. The zero-order valence-electron chi connectivity index (χ0n) is 17.8. The molecule has 2 rings (SSSR count). The highest BCUT2D eigenvalue weighted by Gasteiger charge is 2.48. The summed E-state index contributed by atoms with van der Waals surface area (Å²) in [6.45, 7) is 4.79. The Hall–Kier alpha value is -1.33. The molecule has 7 atom stereocenters. The first kappa shape index (κ1) is 24.9. The second kappa shape index (κ2) is 9.04. The summed E-state index contributed by atoms with van der Waals surface area (Å²) in [6, 6.07) is 0. The number of hydrogen-bond donors (Lipinski definition) is 4. The Balaban J connectivity index is 2.30. The first-order chi connectivity index (χ1) is 13.8. The van der Waals surface area contributed by atoms with Crippen molar-refractivity contribution in [1.29, 1.82) is 0 Å². The summed E-state index contributed by atoms with van der Waals surface area (Å²) in [6.07, 6.45) is -3.62. The van der Waals surface area contributed by atoms with Gasteiger partial charge in [-0.15, -0.1) is 0 Å². The van der Waals surface area contributed by atoms with Crippen molar-refractivity contribution < 1.29 is 34.0 Å². The number of aromatic nitrogens is 2. The van der Waals surface area contributed by atoms with E-state index in [1.165, 1.54) is 24.9 Å². The van der Waals surface area contributed by atoms with Gasteiger partial charge in [0.25, 0.3) is 5.56 Å². The third-order valence-electron chi connectivity index (χ3n) is 5.62. The molecule has 0 spiro atoms. The molecule has 1 saturated heterocycles. The maximum atomic E-state index is 12.5. The summed E-state index contributed by atoms with van der Waals surface area (Å²) >= 11 is 0. The molecule has 172 valence electrons. The molecular weight excluding hydrogens is 419 g/mol. The minimum Gasteiger partial charge on any atom is -0.388 e. The standard InChI is InChI=1S/C18H31N2O9P/c1-6-12(21)30(26,27)29-18(3,7-2)8-11-13(22)14(23)15(28-11)10-9-19(4)17(25)20(5)16(10)24/h9,11-15,21-23H,6-8H2,1-5H3,(H,26,27)/t11-,12?,13-,14-,15+,18?/m1/s1. The number of aryl methyl sites for hydroxylation is 1. The van der Waals surface area contributed by atoms with Crippen LogP contribution in [0.3, 0.4) is 0 Å². The van der Waals surface area contributed by atoms with Gasteiger partial charge in [0.1, 0.15) is 18.3 Å². The molecule has 30 heavy (non-hydrogen) atoms. The van der Waals surface area contributed by atoms with Gasteiger partial charge < -0.3 is 34.0 Å². The molecule has 1 aromatic heterocycles. The zero-order valence-corrected chi connectivity index (χ0v) is 18.7. The van der Waals surface area contributed by atoms with E-state index in [0.29, 0.717) is 0 Å². The lowest BCUT2D eigenvalue weighted by Gasteiger charge is -2.34. The average molecular weight is 450 g/mol. The van der Waals surface area contributed by atoms with Crippen LogP contribution in [-0.4, -0.2) is 59.1 Å². The van der Waals surface area contributed by atoms with E-state index in [9.17, 15) is 34.4 Å². The Morgan fingerprint density at radius 3 is 2.40 bits per heavy atom. The lowest BCUT2D eigenvalue weighted by molar-refractivity contribution is -0.0498. The van der Waals surface area contributed by atoms with E-state index in [2.05, 4.69) is 0 Å². The van der Waals surface area contributed by atoms with E-state index >= 15 is 0 Å². The van der Waals surface area contributed by atoms with Gasteiger partial charge in [-0.3, -0.25) is 13.9 Å². The van der Waals surface area contributed by atoms with Crippen LogP contribution in [0.25, 0.3) is 0 Å². The molecule has 0 bridgehead atoms. The van der Waals surface area contributed by atoms with Crippen LogP contribution in [-0.2, 0) is 27.9 Å². The molecule has 0 saturated carbocycles. The molecule has 12 heteroatoms. The van der Waals surface area contributed by atoms with E-state index < -0.39 is 54.7 Å². The van der Waals surface area contributed by atoms with Crippen LogP contribution in [0.2, 0.25) is 0 Å². The Kier molecular flexibility index (Phi) is 7.51. The van der Waals surface area contributed by atoms with Crippen LogP contribution < -0.4 is 11.2 Å². The monoisotopic (exact) mass is 450 g/mol. The van der Waals surface area contributed by atoms with Gasteiger partial charge in [-0.25, -0.2) is 4.79 Å². The van der Waals surface area contributed by atoms with Gasteiger partial charge in [0.2, 0.25) is 0 Å². The maximum absolute atomic E-state index is 12.5. The number of aliphatic hydroxyl groups is 3. The zero-order chi connectivity index (χ0) is 23.0. The molecule has 3 unspecified atom stereocenters. The van der Waals surface area contributed by atoms with Crippen molar-refractivity contribution >= 4 is 7.60 Å². The number of aliphatic hydroxyl groups excluding tert-OH is 3. The van der Waals surface area contributed by atoms with E-state index in [1.807, 2.05) is 0 Å². The Morgan fingerprint density at radius 1 is 1.27 bits per heavy atom. The van der Waals surface area contributed by atoms with Gasteiger partial charge >= 0.3 is 13.3 Å². The highest BCUT2D eigenvalue weighted by molar-refractivity contribution is 7.53. The third-order valence-corrected chi connectivity index (χ3v) is 7.44. The maximum Gasteiger partial charge on any atom is 0.356 e. The molecule has 0 radical (unpaired) electrons. The number of rotatable bonds is 8. The molecule has 1 aliphatic heterocycles. The largest absolute Gasteiger partial charge is 0.388 e. The molecule has 0 amide bonds. The summed E-state index contributed by atoms with van der Waals surface area (Å²) in [4.78, 5) is 34.4. The molecular formula is C18H31N2O9P. The van der Waals surface area contributed by atoms with Crippen molar-refractivity contribution in [2.75, 3.05) is 0 Å². The van der Waals surface area contributed by atoms with Crippen LogP contribution in [0, 0.1) is 0 Å². The lowest BCUT2D eigenvalue weighted by Crippen LogP contribution is -2.40. The van der Waals surface area contributed by atoms with E-state index in [0.717, 1.165) is 4.57 Å². The van der Waals surface area contributed by atoms with Gasteiger partial charge in [0.15, 0.2) is 5.85 Å². The first-order valence-electron chi connectivity index (χ1n) is 9.77. The van der Waals surface area contributed by atoms with Gasteiger partial charge in [-0.2, -0.15) is 0 Å². The third kappa shape index (κ3) is 4.77. The van der Waals surface area contributed by atoms with Crippen LogP contribution in [0.15, 0.2) is 15.8 Å². The van der Waals surface area contributed by atoms with Crippen molar-refractivity contribution in [1.82, 2.24) is 9.13 Å². The Labute approximate surface area is 174 Å². The second-order valence-electron chi connectivity index (χ2n) is 7.97. The second-order valence-corrected chi connectivity index (χ2v) is 9.88. The minimum absolute atomic E-state index is 0.00186. The van der Waals surface area contributed by atoms with Crippen molar-refractivity contribution in [2.24, 2.45) is 14.1 Å². The van der Waals surface area contributed by atoms with Gasteiger partial charge in [-0.05, 0) is 19.8 Å². The van der Waals surface area contributed by atoms with Crippen molar-refractivity contribution in [2.45, 2.75) is 75.9 Å². The number of ether oxygens (including phenoxy) is 1. The van der Waals surface area contributed by atoms with E-state index in [-0.39, 0.29) is 24.8 Å². The number of nitrogens with zero attached hydrogens (tertiary/aromatic N) is 2. The fourth-order valence-electron chi connectivity index (χ4n) is 3.48. The summed E-state index contributed by atoms with van der Waals surface area (Å²) in [5, 5.41) is 30.8. The van der Waals surface area contributed by atoms with E-state index in [4.69, 9.17) is 9.26 Å². The van der Waals surface area contributed by atoms with Crippen molar-refractivity contribution in [3.8, 4) is 0 Å². The van der Waals surface area contributed by atoms with Crippen molar-refractivity contribution in [3.05, 3.63) is 32.6 Å². The van der Waals surface area contributed by atoms with Gasteiger partial charge in [-0.1, -0.05) is 13.8 Å². The SMILES string of the molecule is CCC(O)P(=O)(O)OC(C)(CC)C[C@H]1O[C@@H](c2cn(C)c(=O)n(C)c2=O)[C@H](O)[C@@H]1O. The minimum atomic E-state index is -4.35. The van der Waals surface area contributed by atoms with Crippen molar-refractivity contribution in [3.63, 3.8) is 0 Å². The van der Waals surface area contributed by atoms with Crippen LogP contribution in [0.4, 0.5) is 0 Å². The molecule has 11 nitrogen and oxygen atoms in total. The quantitative estimate of drug-likeness (QED) is 0.391. The molecule has 1 fully saturated rings. The summed E-state index contributed by atoms with van der Waals surface area (Å²) in [5.41, 5.74) is -2.46. The Morgan fingerprint density at radius 2 is 1.87 bits per heavy atom. The topological polar surface area (TPSA) is 160 Å². The highest BCUT2D eigenvalue weighted by Crippen LogP contribution is 2.53. The first-order valence-corrected chi connectivity index (χ1v) is 11.4. The van der Waals surface area contributed by atoms with E-state index in [1.54, 1.807) is 20.8 Å². The van der Waals surface area contributed by atoms with Crippen LogP contribution >= 0.6 is 7.60 Å². The van der Waals surface area contributed by atoms with Crippen LogP contribution in [0.5, 0.6) is 0 Å². The smallest absolute Gasteiger partial charge is 0.356 e. The lowest BCUT2D eigenvalue weighted by atomic mass is 9.92. The normalized spacial score (nSPS) is 29.4. The van der Waals surface area contributed by atoms with Gasteiger partial charge in [0.05, 0.1) is 17.3 Å². The number of hydrogen-bond acceptors (Lipinski definition) is 8. The molecule has 2 heterocycles. The fourth-order valence-corrected chi connectivity index (χ4v) is 4.90. The fraction of sp³-hybridized carbons (Fsp3) is 0.778. The van der Waals surface area contributed by atoms with Gasteiger partial charge in [0, 0.05) is 26.7 Å². The summed E-state index contributed by atoms with van der Waals surface area (Å²) in [7, 11) is -1.61. The molecule has 0 aliphatic carbocycles.